The Bertz CT molecular complexity index is 415. The van der Waals surface area contributed by atoms with Crippen molar-refractivity contribution in [3.05, 3.63) is 20.8 Å². The molecule has 1 aliphatic heterocycles. The number of nitrogens with two attached hydrogens (primary N) is 1. The number of quaternary nitrogens is 2. The van der Waals surface area contributed by atoms with E-state index in [-0.39, 0.29) is 11.9 Å². The van der Waals surface area contributed by atoms with E-state index in [0.29, 0.717) is 0 Å². The van der Waals surface area contributed by atoms with Gasteiger partial charge in [-0.1, -0.05) is 0 Å². The lowest BCUT2D eigenvalue weighted by atomic mass is 10.2. The van der Waals surface area contributed by atoms with Crippen LogP contribution in [0, 0.1) is 0 Å². The molecule has 0 bridgehead atoms. The minimum Gasteiger partial charge on any atom is -0.365 e. The van der Waals surface area contributed by atoms with E-state index in [1.807, 2.05) is 18.3 Å². The van der Waals surface area contributed by atoms with Gasteiger partial charge in [-0.3, -0.25) is 4.79 Å². The van der Waals surface area contributed by atoms with Gasteiger partial charge in [0.1, 0.15) is 32.7 Å². The Kier molecular flexibility index (Phi) is 4.77. The van der Waals surface area contributed by atoms with Gasteiger partial charge in [-0.05, 0) is 35.0 Å². The maximum Gasteiger partial charge on any atom is 0.275 e. The maximum atomic E-state index is 11.2. The highest BCUT2D eigenvalue weighted by molar-refractivity contribution is 9.11. The number of amides is 1. The molecule has 0 radical (unpaired) electrons. The molecule has 1 aromatic rings. The molecule has 1 aliphatic rings. The lowest BCUT2D eigenvalue weighted by Gasteiger charge is -2.31. The molecule has 1 amide bonds. The van der Waals surface area contributed by atoms with Gasteiger partial charge in [0.05, 0.1) is 8.66 Å². The molecule has 1 aromatic heterocycles. The number of nitrogens with one attached hydrogen (secondary N) is 2. The van der Waals surface area contributed by atoms with Crippen LogP contribution >= 0.6 is 27.3 Å². The third-order valence-electron chi connectivity index (χ3n) is 3.69. The molecule has 1 saturated heterocycles. The number of thiophene rings is 1. The molecule has 6 heteroatoms. The zero-order valence-corrected chi connectivity index (χ0v) is 12.9. The number of primary amides is 1. The first-order chi connectivity index (χ1) is 8.56. The fourth-order valence-corrected chi connectivity index (χ4v) is 3.98. The van der Waals surface area contributed by atoms with Crippen molar-refractivity contribution in [3.8, 4) is 0 Å². The van der Waals surface area contributed by atoms with Gasteiger partial charge in [-0.25, -0.2) is 0 Å². The standard InChI is InChI=1S/C12H18BrN3OS/c1-9(12(14)17)16-6-4-15(5-7-16)8-10-2-3-11(13)18-10/h2-3,9H,4-8H2,1H3,(H2,14,17)/p+2/t9-/m1/s1. The van der Waals surface area contributed by atoms with Gasteiger partial charge in [-0.15, -0.1) is 11.3 Å². The topological polar surface area (TPSA) is 52.0 Å². The molecule has 0 spiro atoms. The molecule has 2 heterocycles. The third kappa shape index (κ3) is 3.54. The Balaban J connectivity index is 1.81. The van der Waals surface area contributed by atoms with E-state index in [2.05, 4.69) is 28.1 Å². The second-order valence-electron chi connectivity index (χ2n) is 4.91. The van der Waals surface area contributed by atoms with Crippen LogP contribution in [-0.2, 0) is 11.3 Å². The molecule has 1 fully saturated rings. The Labute approximate surface area is 120 Å². The fourth-order valence-electron chi connectivity index (χ4n) is 2.43. The molecule has 4 nitrogen and oxygen atoms in total. The van der Waals surface area contributed by atoms with Crippen LogP contribution in [0.2, 0.25) is 0 Å². The van der Waals surface area contributed by atoms with Crippen LogP contribution in [-0.4, -0.2) is 38.1 Å². The predicted octanol–water partition coefficient (Wildman–Crippen LogP) is -1.33. The van der Waals surface area contributed by atoms with E-state index >= 15 is 0 Å². The first-order valence-electron chi connectivity index (χ1n) is 6.28. The quantitative estimate of drug-likeness (QED) is 0.628. The number of piperazine rings is 1. The van der Waals surface area contributed by atoms with Crippen LogP contribution in [0.25, 0.3) is 0 Å². The second kappa shape index (κ2) is 6.14. The highest BCUT2D eigenvalue weighted by atomic mass is 79.9. The molecule has 0 saturated carbocycles. The van der Waals surface area contributed by atoms with Crippen LogP contribution in [0.4, 0.5) is 0 Å². The van der Waals surface area contributed by atoms with Crippen molar-refractivity contribution in [1.82, 2.24) is 0 Å². The maximum absolute atomic E-state index is 11.2. The van der Waals surface area contributed by atoms with Gasteiger partial charge in [0.15, 0.2) is 6.04 Å². The number of rotatable bonds is 4. The van der Waals surface area contributed by atoms with E-state index in [0.717, 1.165) is 32.7 Å². The molecule has 18 heavy (non-hydrogen) atoms. The number of hydrogen-bond donors (Lipinski definition) is 3. The Morgan fingerprint density at radius 2 is 2.11 bits per heavy atom. The summed E-state index contributed by atoms with van der Waals surface area (Å²) in [6.45, 7) is 7.32. The number of carbonyl (C=O) groups excluding carboxylic acids is 1. The van der Waals surface area contributed by atoms with Crippen molar-refractivity contribution in [3.63, 3.8) is 0 Å². The highest BCUT2D eigenvalue weighted by Gasteiger charge is 2.29. The lowest BCUT2D eigenvalue weighted by Crippen LogP contribution is -3.29. The van der Waals surface area contributed by atoms with E-state index < -0.39 is 0 Å². The Morgan fingerprint density at radius 3 is 2.61 bits per heavy atom. The highest BCUT2D eigenvalue weighted by Crippen LogP contribution is 2.21. The first-order valence-corrected chi connectivity index (χ1v) is 7.89. The first kappa shape index (κ1) is 14.0. The van der Waals surface area contributed by atoms with E-state index in [9.17, 15) is 4.79 Å². The number of halogens is 1. The third-order valence-corrected chi connectivity index (χ3v) is 5.32. The minimum absolute atomic E-state index is 0.0533. The van der Waals surface area contributed by atoms with Crippen LogP contribution < -0.4 is 15.5 Å². The molecule has 0 unspecified atom stereocenters. The summed E-state index contributed by atoms with van der Waals surface area (Å²) in [4.78, 5) is 15.5. The molecule has 2 rings (SSSR count). The van der Waals surface area contributed by atoms with Crippen molar-refractivity contribution < 1.29 is 14.6 Å². The molecule has 0 aromatic carbocycles. The number of hydrogen-bond acceptors (Lipinski definition) is 2. The normalized spacial score (nSPS) is 25.9. The predicted molar refractivity (Wildman–Crippen MR) is 75.8 cm³/mol. The van der Waals surface area contributed by atoms with Crippen LogP contribution in [0.3, 0.4) is 0 Å². The minimum atomic E-state index is -0.185. The van der Waals surface area contributed by atoms with Crippen molar-refractivity contribution >= 4 is 33.2 Å². The summed E-state index contributed by atoms with van der Waals surface area (Å²) in [5, 5.41) is 0. The van der Waals surface area contributed by atoms with Gasteiger partial charge in [0.2, 0.25) is 0 Å². The largest absolute Gasteiger partial charge is 0.365 e. The monoisotopic (exact) mass is 333 g/mol. The molecule has 100 valence electrons. The van der Waals surface area contributed by atoms with Gasteiger partial charge >= 0.3 is 0 Å². The molecular formula is C12H20BrN3OS+2. The summed E-state index contributed by atoms with van der Waals surface area (Å²) in [5.41, 5.74) is 5.36. The number of carbonyl (C=O) groups is 1. The molecule has 0 aliphatic carbocycles. The zero-order chi connectivity index (χ0) is 13.1. The molecule has 1 atom stereocenters. The van der Waals surface area contributed by atoms with Gasteiger partial charge in [-0.2, -0.15) is 0 Å². The summed E-state index contributed by atoms with van der Waals surface area (Å²) in [6, 6.07) is 4.24. The average Bonchev–Trinajstić information content (AvgIpc) is 2.75. The molecular weight excluding hydrogens is 314 g/mol. The summed E-state index contributed by atoms with van der Waals surface area (Å²) >= 11 is 5.30. The Hall–Kier alpha value is -0.430. The van der Waals surface area contributed by atoms with Crippen molar-refractivity contribution in [2.75, 3.05) is 26.2 Å². The van der Waals surface area contributed by atoms with Gasteiger partial charge in [0.25, 0.3) is 5.91 Å². The fraction of sp³-hybridized carbons (Fsp3) is 0.583. The van der Waals surface area contributed by atoms with Gasteiger partial charge in [0, 0.05) is 0 Å². The van der Waals surface area contributed by atoms with Crippen LogP contribution in [0.5, 0.6) is 0 Å². The molecule has 4 N–H and O–H groups in total. The van der Waals surface area contributed by atoms with Crippen molar-refractivity contribution in [2.45, 2.75) is 19.5 Å². The van der Waals surface area contributed by atoms with Crippen LogP contribution in [0.1, 0.15) is 11.8 Å². The zero-order valence-electron chi connectivity index (χ0n) is 10.5. The SMILES string of the molecule is C[C@H](C(N)=O)[NH+]1CC[NH+](Cc2ccc(Br)s2)CC1. The average molecular weight is 334 g/mol. The lowest BCUT2D eigenvalue weighted by molar-refractivity contribution is -1.02. The summed E-state index contributed by atoms with van der Waals surface area (Å²) < 4.78 is 1.20. The summed E-state index contributed by atoms with van der Waals surface area (Å²) in [7, 11) is 0. The van der Waals surface area contributed by atoms with Crippen molar-refractivity contribution in [1.29, 1.82) is 0 Å². The van der Waals surface area contributed by atoms with Crippen molar-refractivity contribution in [2.24, 2.45) is 5.73 Å². The van der Waals surface area contributed by atoms with E-state index in [1.54, 1.807) is 4.90 Å². The van der Waals surface area contributed by atoms with E-state index in [1.165, 1.54) is 13.6 Å². The van der Waals surface area contributed by atoms with E-state index in [4.69, 9.17) is 5.73 Å². The summed E-state index contributed by atoms with van der Waals surface area (Å²) in [6.07, 6.45) is 0. The summed E-state index contributed by atoms with van der Waals surface area (Å²) in [5.74, 6) is -0.185. The smallest absolute Gasteiger partial charge is 0.275 e. The van der Waals surface area contributed by atoms with Crippen LogP contribution in [0.15, 0.2) is 15.9 Å². The Morgan fingerprint density at radius 1 is 1.44 bits per heavy atom. The second-order valence-corrected chi connectivity index (χ2v) is 7.46. The van der Waals surface area contributed by atoms with Gasteiger partial charge < -0.3 is 15.5 Å².